The Labute approximate surface area is 108 Å². The second-order valence-corrected chi connectivity index (χ2v) is 4.76. The summed E-state index contributed by atoms with van der Waals surface area (Å²) in [6.45, 7) is 4.30. The van der Waals surface area contributed by atoms with E-state index >= 15 is 0 Å². The number of nitrogens with one attached hydrogen (secondary N) is 1. The Kier molecular flexibility index (Phi) is 4.36. The zero-order valence-electron chi connectivity index (χ0n) is 11.2. The first-order valence-electron chi connectivity index (χ1n) is 6.67. The van der Waals surface area contributed by atoms with E-state index in [1.54, 1.807) is 6.33 Å². The minimum Gasteiger partial charge on any atom is -0.396 e. The largest absolute Gasteiger partial charge is 0.396 e. The molecular formula is C13H22N4O. The Morgan fingerprint density at radius 3 is 3.00 bits per heavy atom. The Morgan fingerprint density at radius 1 is 1.50 bits per heavy atom. The van der Waals surface area contributed by atoms with Gasteiger partial charge in [-0.05, 0) is 25.2 Å². The van der Waals surface area contributed by atoms with Crippen LogP contribution in [0.15, 0.2) is 6.33 Å². The van der Waals surface area contributed by atoms with Crippen LogP contribution in [0.2, 0.25) is 0 Å². The van der Waals surface area contributed by atoms with Gasteiger partial charge in [0.05, 0.1) is 0 Å². The molecule has 2 heterocycles. The van der Waals surface area contributed by atoms with Crippen molar-refractivity contribution < 1.29 is 5.11 Å². The third kappa shape index (κ3) is 2.56. The van der Waals surface area contributed by atoms with E-state index in [0.717, 1.165) is 44.0 Å². The predicted octanol–water partition coefficient (Wildman–Crippen LogP) is 1.29. The number of hydrogen-bond acceptors (Lipinski definition) is 5. The molecule has 1 aromatic rings. The number of aromatic nitrogens is 2. The van der Waals surface area contributed by atoms with Crippen LogP contribution in [0.25, 0.3) is 0 Å². The molecule has 0 spiro atoms. The van der Waals surface area contributed by atoms with E-state index < -0.39 is 0 Å². The van der Waals surface area contributed by atoms with Gasteiger partial charge in [0.1, 0.15) is 18.0 Å². The second kappa shape index (κ2) is 6.00. The lowest BCUT2D eigenvalue weighted by atomic mass is 9.98. The molecule has 1 aromatic heterocycles. The molecule has 0 amide bonds. The van der Waals surface area contributed by atoms with Crippen molar-refractivity contribution in [2.45, 2.75) is 26.2 Å². The third-order valence-electron chi connectivity index (χ3n) is 3.59. The van der Waals surface area contributed by atoms with Crippen LogP contribution in [0.3, 0.4) is 0 Å². The van der Waals surface area contributed by atoms with E-state index in [1.807, 2.05) is 7.05 Å². The van der Waals surface area contributed by atoms with Crippen molar-refractivity contribution in [3.8, 4) is 0 Å². The maximum atomic E-state index is 9.31. The van der Waals surface area contributed by atoms with Gasteiger partial charge in [0.15, 0.2) is 0 Å². The monoisotopic (exact) mass is 250 g/mol. The van der Waals surface area contributed by atoms with Gasteiger partial charge in [-0.15, -0.1) is 0 Å². The molecule has 1 unspecified atom stereocenters. The number of aliphatic hydroxyl groups is 1. The lowest BCUT2D eigenvalue weighted by Gasteiger charge is -2.34. The van der Waals surface area contributed by atoms with E-state index in [9.17, 15) is 5.11 Å². The summed E-state index contributed by atoms with van der Waals surface area (Å²) in [5.74, 6) is 2.31. The maximum Gasteiger partial charge on any atom is 0.137 e. The lowest BCUT2D eigenvalue weighted by Crippen LogP contribution is -2.38. The summed E-state index contributed by atoms with van der Waals surface area (Å²) in [4.78, 5) is 11.0. The Bertz CT molecular complexity index is 397. The highest BCUT2D eigenvalue weighted by Crippen LogP contribution is 2.27. The van der Waals surface area contributed by atoms with Crippen LogP contribution in [0.5, 0.6) is 0 Å². The van der Waals surface area contributed by atoms with E-state index in [-0.39, 0.29) is 6.61 Å². The summed E-state index contributed by atoms with van der Waals surface area (Å²) in [6, 6.07) is 0. The van der Waals surface area contributed by atoms with Gasteiger partial charge in [-0.1, -0.05) is 6.92 Å². The SMILES string of the molecule is CCc1c(NC)ncnc1N1CCCC(CO)C1. The minimum atomic E-state index is 0.266. The first-order valence-corrected chi connectivity index (χ1v) is 6.67. The van der Waals surface area contributed by atoms with E-state index in [1.165, 1.54) is 5.56 Å². The highest BCUT2D eigenvalue weighted by atomic mass is 16.3. The standard InChI is InChI=1S/C13H22N4O/c1-3-11-12(14-2)15-9-16-13(11)17-6-4-5-10(7-17)8-18/h9-10,18H,3-8H2,1-2H3,(H,14,15,16). The summed E-state index contributed by atoms with van der Waals surface area (Å²) in [5, 5.41) is 12.4. The summed E-state index contributed by atoms with van der Waals surface area (Å²) < 4.78 is 0. The van der Waals surface area contributed by atoms with Gasteiger partial charge in [-0.2, -0.15) is 0 Å². The topological polar surface area (TPSA) is 61.3 Å². The molecule has 1 aliphatic rings. The molecule has 0 bridgehead atoms. The summed E-state index contributed by atoms with van der Waals surface area (Å²) in [5.41, 5.74) is 1.17. The third-order valence-corrected chi connectivity index (χ3v) is 3.59. The predicted molar refractivity (Wildman–Crippen MR) is 73.0 cm³/mol. The average Bonchev–Trinajstić information content (AvgIpc) is 2.46. The van der Waals surface area contributed by atoms with Crippen LogP contribution in [0.4, 0.5) is 11.6 Å². The lowest BCUT2D eigenvalue weighted by molar-refractivity contribution is 0.208. The van der Waals surface area contributed by atoms with Gasteiger partial charge in [0, 0.05) is 32.3 Å². The number of aliphatic hydroxyl groups excluding tert-OH is 1. The van der Waals surface area contributed by atoms with Crippen LogP contribution < -0.4 is 10.2 Å². The Morgan fingerprint density at radius 2 is 2.33 bits per heavy atom. The smallest absolute Gasteiger partial charge is 0.137 e. The molecule has 1 saturated heterocycles. The molecule has 1 fully saturated rings. The van der Waals surface area contributed by atoms with Gasteiger partial charge in [0.25, 0.3) is 0 Å². The molecule has 100 valence electrons. The number of hydrogen-bond donors (Lipinski definition) is 2. The molecule has 0 saturated carbocycles. The zero-order chi connectivity index (χ0) is 13.0. The number of anilines is 2. The maximum absolute atomic E-state index is 9.31. The van der Waals surface area contributed by atoms with Crippen molar-refractivity contribution in [1.82, 2.24) is 9.97 Å². The molecule has 18 heavy (non-hydrogen) atoms. The Hall–Kier alpha value is -1.36. The van der Waals surface area contributed by atoms with Crippen LogP contribution in [-0.2, 0) is 6.42 Å². The molecule has 2 N–H and O–H groups in total. The number of piperidine rings is 1. The fraction of sp³-hybridized carbons (Fsp3) is 0.692. The van der Waals surface area contributed by atoms with Crippen LogP contribution in [0, 0.1) is 5.92 Å². The van der Waals surface area contributed by atoms with E-state index in [0.29, 0.717) is 5.92 Å². The normalized spacial score (nSPS) is 19.9. The van der Waals surface area contributed by atoms with Crippen molar-refractivity contribution in [2.24, 2.45) is 5.92 Å². The fourth-order valence-corrected chi connectivity index (χ4v) is 2.62. The average molecular weight is 250 g/mol. The molecule has 0 aliphatic carbocycles. The quantitative estimate of drug-likeness (QED) is 0.843. The summed E-state index contributed by atoms with van der Waals surface area (Å²) >= 11 is 0. The van der Waals surface area contributed by atoms with Crippen LogP contribution in [0.1, 0.15) is 25.3 Å². The van der Waals surface area contributed by atoms with Gasteiger partial charge in [0.2, 0.25) is 0 Å². The van der Waals surface area contributed by atoms with Crippen molar-refractivity contribution in [3.05, 3.63) is 11.9 Å². The molecule has 2 rings (SSSR count). The van der Waals surface area contributed by atoms with Gasteiger partial charge >= 0.3 is 0 Å². The molecular weight excluding hydrogens is 228 g/mol. The van der Waals surface area contributed by atoms with E-state index in [4.69, 9.17) is 0 Å². The van der Waals surface area contributed by atoms with Crippen molar-refractivity contribution in [3.63, 3.8) is 0 Å². The van der Waals surface area contributed by atoms with Crippen molar-refractivity contribution >= 4 is 11.6 Å². The molecule has 5 nitrogen and oxygen atoms in total. The fourth-order valence-electron chi connectivity index (χ4n) is 2.62. The summed E-state index contributed by atoms with van der Waals surface area (Å²) in [7, 11) is 1.89. The Balaban J connectivity index is 2.26. The number of rotatable bonds is 4. The second-order valence-electron chi connectivity index (χ2n) is 4.76. The highest BCUT2D eigenvalue weighted by molar-refractivity contribution is 5.58. The van der Waals surface area contributed by atoms with Gasteiger partial charge in [-0.3, -0.25) is 0 Å². The molecule has 5 heteroatoms. The summed E-state index contributed by atoms with van der Waals surface area (Å²) in [6.07, 6.45) is 4.75. The first kappa shape index (κ1) is 13.1. The minimum absolute atomic E-state index is 0.266. The molecule has 0 radical (unpaired) electrons. The van der Waals surface area contributed by atoms with Gasteiger partial charge in [-0.25, -0.2) is 9.97 Å². The van der Waals surface area contributed by atoms with Crippen molar-refractivity contribution in [2.75, 3.05) is 37.0 Å². The van der Waals surface area contributed by atoms with Crippen LogP contribution >= 0.6 is 0 Å². The van der Waals surface area contributed by atoms with Crippen LogP contribution in [-0.4, -0.2) is 41.8 Å². The van der Waals surface area contributed by atoms with Crippen molar-refractivity contribution in [1.29, 1.82) is 0 Å². The van der Waals surface area contributed by atoms with Gasteiger partial charge < -0.3 is 15.3 Å². The van der Waals surface area contributed by atoms with E-state index in [2.05, 4.69) is 27.1 Å². The highest BCUT2D eigenvalue weighted by Gasteiger charge is 2.23. The molecule has 0 aromatic carbocycles. The first-order chi connectivity index (χ1) is 8.80. The zero-order valence-corrected chi connectivity index (χ0v) is 11.2. The molecule has 1 atom stereocenters. The molecule has 1 aliphatic heterocycles. The number of nitrogens with zero attached hydrogens (tertiary/aromatic N) is 3.